The molecule has 1 aromatic carbocycles. The Morgan fingerprint density at radius 1 is 1.16 bits per heavy atom. The monoisotopic (exact) mass is 372 g/mol. The Hall–Kier alpha value is -2.13. The van der Waals surface area contributed by atoms with Crippen LogP contribution in [0.1, 0.15) is 18.4 Å². The van der Waals surface area contributed by atoms with E-state index >= 15 is 0 Å². The zero-order valence-corrected chi connectivity index (χ0v) is 13.8. The summed E-state index contributed by atoms with van der Waals surface area (Å²) in [5.74, 6) is -0.562. The molecule has 134 valence electrons. The quantitative estimate of drug-likeness (QED) is 0.780. The molecule has 0 unspecified atom stereocenters. The Balaban J connectivity index is 1.89. The van der Waals surface area contributed by atoms with E-state index in [4.69, 9.17) is 0 Å². The molecule has 25 heavy (non-hydrogen) atoms. The minimum atomic E-state index is -4.88. The van der Waals surface area contributed by atoms with Gasteiger partial charge in [0, 0.05) is 31.0 Å². The number of pyridine rings is 1. The fourth-order valence-corrected chi connectivity index (χ4v) is 4.12. The van der Waals surface area contributed by atoms with Gasteiger partial charge in [0.15, 0.2) is 0 Å². The highest BCUT2D eigenvalue weighted by Crippen LogP contribution is 2.34. The largest absolute Gasteiger partial charge is 0.573 e. The van der Waals surface area contributed by atoms with Crippen LogP contribution in [-0.4, -0.2) is 30.1 Å². The third-order valence-corrected chi connectivity index (χ3v) is 5.58. The summed E-state index contributed by atoms with van der Waals surface area (Å²) in [7, 11) is -3.95. The average Bonchev–Trinajstić information content (AvgIpc) is 3.37. The van der Waals surface area contributed by atoms with E-state index in [0.29, 0.717) is 0 Å². The summed E-state index contributed by atoms with van der Waals surface area (Å²) in [6.07, 6.45) is -0.308. The highest BCUT2D eigenvalue weighted by Gasteiger charge is 2.38. The number of hydrogen-bond acceptors (Lipinski definition) is 4. The maximum absolute atomic E-state index is 12.9. The first-order valence-electron chi connectivity index (χ1n) is 7.52. The summed E-state index contributed by atoms with van der Waals surface area (Å²) < 4.78 is 68.1. The molecule has 3 rings (SSSR count). The molecule has 0 spiro atoms. The molecule has 0 amide bonds. The summed E-state index contributed by atoms with van der Waals surface area (Å²) >= 11 is 0. The molecule has 1 fully saturated rings. The van der Waals surface area contributed by atoms with Crippen molar-refractivity contribution in [3.05, 3.63) is 54.4 Å². The maximum atomic E-state index is 12.9. The smallest absolute Gasteiger partial charge is 0.406 e. The average molecular weight is 372 g/mol. The molecule has 0 aliphatic heterocycles. The van der Waals surface area contributed by atoms with Crippen molar-refractivity contribution in [3.63, 3.8) is 0 Å². The van der Waals surface area contributed by atoms with Crippen LogP contribution < -0.4 is 4.74 Å². The van der Waals surface area contributed by atoms with Crippen LogP contribution in [0.25, 0.3) is 0 Å². The van der Waals surface area contributed by atoms with Crippen molar-refractivity contribution < 1.29 is 26.3 Å². The molecule has 0 atom stereocenters. The van der Waals surface area contributed by atoms with Gasteiger partial charge in [-0.1, -0.05) is 6.07 Å². The van der Waals surface area contributed by atoms with Gasteiger partial charge >= 0.3 is 6.36 Å². The van der Waals surface area contributed by atoms with Gasteiger partial charge in [0.1, 0.15) is 5.75 Å². The molecule has 2 aromatic rings. The van der Waals surface area contributed by atoms with Crippen molar-refractivity contribution in [2.45, 2.75) is 36.7 Å². The molecule has 9 heteroatoms. The fourth-order valence-electron chi connectivity index (χ4n) is 2.41. The van der Waals surface area contributed by atoms with Crippen molar-refractivity contribution >= 4 is 10.0 Å². The van der Waals surface area contributed by atoms with Gasteiger partial charge in [0.25, 0.3) is 0 Å². The molecule has 5 nitrogen and oxygen atoms in total. The number of halogens is 3. The first-order valence-corrected chi connectivity index (χ1v) is 8.96. The molecule has 0 radical (unpaired) electrons. The van der Waals surface area contributed by atoms with Gasteiger partial charge < -0.3 is 4.74 Å². The maximum Gasteiger partial charge on any atom is 0.573 e. The Morgan fingerprint density at radius 2 is 1.84 bits per heavy atom. The van der Waals surface area contributed by atoms with Crippen LogP contribution in [0.4, 0.5) is 13.2 Å². The van der Waals surface area contributed by atoms with Gasteiger partial charge in [-0.2, -0.15) is 4.31 Å². The van der Waals surface area contributed by atoms with Gasteiger partial charge in [-0.3, -0.25) is 4.98 Å². The summed E-state index contributed by atoms with van der Waals surface area (Å²) in [5, 5.41) is 0. The number of rotatable bonds is 6. The lowest BCUT2D eigenvalue weighted by atomic mass is 10.3. The number of sulfonamides is 1. The number of benzene rings is 1. The van der Waals surface area contributed by atoms with Crippen LogP contribution >= 0.6 is 0 Å². The van der Waals surface area contributed by atoms with Crippen molar-refractivity contribution in [2.75, 3.05) is 0 Å². The third kappa shape index (κ3) is 4.49. The normalized spacial score (nSPS) is 15.4. The van der Waals surface area contributed by atoms with Gasteiger partial charge in [0.05, 0.1) is 4.90 Å². The van der Waals surface area contributed by atoms with Crippen LogP contribution in [0.15, 0.2) is 53.7 Å². The molecule has 1 aliphatic carbocycles. The van der Waals surface area contributed by atoms with E-state index < -0.39 is 22.1 Å². The summed E-state index contributed by atoms with van der Waals surface area (Å²) in [5.41, 5.74) is 0.758. The van der Waals surface area contributed by atoms with Crippen molar-refractivity contribution in [1.29, 1.82) is 0 Å². The minimum Gasteiger partial charge on any atom is -0.406 e. The predicted octanol–water partition coefficient (Wildman–Crippen LogP) is 3.33. The minimum absolute atomic E-state index is 0.139. The lowest BCUT2D eigenvalue weighted by molar-refractivity contribution is -0.274. The summed E-state index contributed by atoms with van der Waals surface area (Å²) in [4.78, 5) is 3.66. The van der Waals surface area contributed by atoms with E-state index in [1.807, 2.05) is 0 Å². The summed E-state index contributed by atoms with van der Waals surface area (Å²) in [6.45, 7) is 0.139. The summed E-state index contributed by atoms with van der Waals surface area (Å²) in [6, 6.07) is 7.71. The highest BCUT2D eigenvalue weighted by atomic mass is 32.2. The van der Waals surface area contributed by atoms with E-state index in [1.165, 1.54) is 16.4 Å². The van der Waals surface area contributed by atoms with E-state index in [0.717, 1.165) is 30.5 Å². The first-order chi connectivity index (χ1) is 11.8. The number of ether oxygens (including phenoxy) is 1. The van der Waals surface area contributed by atoms with Crippen molar-refractivity contribution in [1.82, 2.24) is 9.29 Å². The van der Waals surface area contributed by atoms with Gasteiger partial charge in [-0.05, 0) is 42.7 Å². The zero-order valence-electron chi connectivity index (χ0n) is 13.0. The predicted molar refractivity (Wildman–Crippen MR) is 83.1 cm³/mol. The van der Waals surface area contributed by atoms with Crippen LogP contribution in [0, 0.1) is 0 Å². The SMILES string of the molecule is O=S(=O)(c1cccc(OC(F)(F)F)c1)N(Cc1ccncc1)C1CC1. The van der Waals surface area contributed by atoms with E-state index in [2.05, 4.69) is 9.72 Å². The molecule has 0 bridgehead atoms. The number of hydrogen-bond donors (Lipinski definition) is 0. The second-order valence-electron chi connectivity index (χ2n) is 5.66. The van der Waals surface area contributed by atoms with E-state index in [9.17, 15) is 21.6 Å². The molecule has 1 aromatic heterocycles. The van der Waals surface area contributed by atoms with Crippen LogP contribution in [0.2, 0.25) is 0 Å². The van der Waals surface area contributed by atoms with Crippen LogP contribution in [0.3, 0.4) is 0 Å². The standard InChI is InChI=1S/C16H15F3N2O3S/c17-16(18,19)24-14-2-1-3-15(10-14)25(22,23)21(13-4-5-13)11-12-6-8-20-9-7-12/h1-3,6-10,13H,4-5,11H2. The molecule has 0 saturated heterocycles. The van der Waals surface area contributed by atoms with Gasteiger partial charge in [0.2, 0.25) is 10.0 Å². The lowest BCUT2D eigenvalue weighted by Gasteiger charge is -2.22. The Labute approximate surface area is 143 Å². The highest BCUT2D eigenvalue weighted by molar-refractivity contribution is 7.89. The zero-order chi connectivity index (χ0) is 18.1. The molecule has 1 heterocycles. The molecule has 1 saturated carbocycles. The van der Waals surface area contributed by atoms with E-state index in [1.54, 1.807) is 24.5 Å². The topological polar surface area (TPSA) is 59.5 Å². The van der Waals surface area contributed by atoms with Crippen LogP contribution in [0.5, 0.6) is 5.75 Å². The molecular weight excluding hydrogens is 357 g/mol. The Kier molecular flexibility index (Phi) is 4.70. The fraction of sp³-hybridized carbons (Fsp3) is 0.312. The third-order valence-electron chi connectivity index (χ3n) is 3.69. The molecular formula is C16H15F3N2O3S. The van der Waals surface area contributed by atoms with Crippen molar-refractivity contribution in [2.24, 2.45) is 0 Å². The Morgan fingerprint density at radius 3 is 2.44 bits per heavy atom. The Bertz CT molecular complexity index is 837. The van der Waals surface area contributed by atoms with Crippen LogP contribution in [-0.2, 0) is 16.6 Å². The first kappa shape index (κ1) is 17.7. The number of nitrogens with zero attached hydrogens (tertiary/aromatic N) is 2. The van der Waals surface area contributed by atoms with E-state index in [-0.39, 0.29) is 17.5 Å². The lowest BCUT2D eigenvalue weighted by Crippen LogP contribution is -2.32. The molecule has 0 N–H and O–H groups in total. The van der Waals surface area contributed by atoms with Gasteiger partial charge in [-0.25, -0.2) is 8.42 Å². The van der Waals surface area contributed by atoms with Crippen molar-refractivity contribution in [3.8, 4) is 5.75 Å². The van der Waals surface area contributed by atoms with Gasteiger partial charge in [-0.15, -0.1) is 13.2 Å². The number of alkyl halides is 3. The molecule has 1 aliphatic rings. The second kappa shape index (κ2) is 6.64. The second-order valence-corrected chi connectivity index (χ2v) is 7.55. The number of aromatic nitrogens is 1.